The maximum Gasteiger partial charge on any atom is 0.209 e. The van der Waals surface area contributed by atoms with Crippen LogP contribution in [0.4, 0.5) is 0 Å². The Morgan fingerprint density at radius 3 is 2.44 bits per heavy atom. The highest BCUT2D eigenvalue weighted by Crippen LogP contribution is 2.14. The zero-order chi connectivity index (χ0) is 12.8. The van der Waals surface area contributed by atoms with Gasteiger partial charge in [0.1, 0.15) is 0 Å². The van der Waals surface area contributed by atoms with Crippen molar-refractivity contribution >= 4 is 28.4 Å². The van der Waals surface area contributed by atoms with Gasteiger partial charge < -0.3 is 4.90 Å². The van der Waals surface area contributed by atoms with E-state index in [-0.39, 0.29) is 0 Å². The van der Waals surface area contributed by atoms with Gasteiger partial charge in [0.25, 0.3) is 0 Å². The lowest BCUT2D eigenvalue weighted by molar-refractivity contribution is -0.119. The molecule has 0 radical (unpaired) electrons. The molecule has 0 N–H and O–H groups in total. The average molecular weight is 309 g/mol. The fourth-order valence-corrected chi connectivity index (χ4v) is 2.64. The van der Waals surface area contributed by atoms with Crippen molar-refractivity contribution in [1.82, 2.24) is 9.80 Å². The van der Waals surface area contributed by atoms with Gasteiger partial charge in [-0.3, -0.25) is 9.69 Å². The second-order valence-electron chi connectivity index (χ2n) is 4.42. The molecule has 1 amide bonds. The SMILES string of the molecule is O=CN1CCN(CC(Br)=Cc2ccccc2)CC1. The summed E-state index contributed by atoms with van der Waals surface area (Å²) in [6.07, 6.45) is 3.08. The van der Waals surface area contributed by atoms with Crippen molar-refractivity contribution in [3.8, 4) is 0 Å². The first-order valence-corrected chi connectivity index (χ1v) is 6.90. The Morgan fingerprint density at radius 2 is 1.83 bits per heavy atom. The molecule has 0 atom stereocenters. The lowest BCUT2D eigenvalue weighted by Gasteiger charge is -2.32. The van der Waals surface area contributed by atoms with E-state index in [0.717, 1.165) is 39.1 Å². The number of carbonyl (C=O) groups is 1. The molecule has 18 heavy (non-hydrogen) atoms. The number of nitrogens with zero attached hydrogens (tertiary/aromatic N) is 2. The predicted molar refractivity (Wildman–Crippen MR) is 77.4 cm³/mol. The molecule has 1 aliphatic rings. The van der Waals surface area contributed by atoms with Gasteiger partial charge in [-0.25, -0.2) is 0 Å². The molecule has 1 aliphatic heterocycles. The van der Waals surface area contributed by atoms with Gasteiger partial charge in [0.05, 0.1) is 0 Å². The lowest BCUT2D eigenvalue weighted by Crippen LogP contribution is -2.45. The fraction of sp³-hybridized carbons (Fsp3) is 0.357. The van der Waals surface area contributed by atoms with Gasteiger partial charge in [0, 0.05) is 37.2 Å². The van der Waals surface area contributed by atoms with Crippen LogP contribution in [0.25, 0.3) is 6.08 Å². The molecule has 1 fully saturated rings. The second-order valence-corrected chi connectivity index (χ2v) is 5.44. The molecular formula is C14H17BrN2O. The number of benzene rings is 1. The minimum absolute atomic E-state index is 0.828. The van der Waals surface area contributed by atoms with E-state index in [1.807, 2.05) is 23.1 Å². The summed E-state index contributed by atoms with van der Waals surface area (Å²) >= 11 is 3.62. The number of halogens is 1. The molecule has 1 aromatic carbocycles. The van der Waals surface area contributed by atoms with E-state index in [1.54, 1.807) is 0 Å². The molecule has 4 heteroatoms. The van der Waals surface area contributed by atoms with Crippen molar-refractivity contribution in [1.29, 1.82) is 0 Å². The maximum atomic E-state index is 10.6. The van der Waals surface area contributed by atoms with Crippen LogP contribution in [0.5, 0.6) is 0 Å². The van der Waals surface area contributed by atoms with Gasteiger partial charge in [-0.1, -0.05) is 46.3 Å². The minimum Gasteiger partial charge on any atom is -0.343 e. The summed E-state index contributed by atoms with van der Waals surface area (Å²) in [7, 11) is 0. The number of carbonyl (C=O) groups excluding carboxylic acids is 1. The number of piperazine rings is 1. The van der Waals surface area contributed by atoms with E-state index < -0.39 is 0 Å². The van der Waals surface area contributed by atoms with Crippen LogP contribution in [0, 0.1) is 0 Å². The van der Waals surface area contributed by atoms with Crippen LogP contribution in [0.3, 0.4) is 0 Å². The molecule has 0 saturated carbocycles. The first kappa shape index (κ1) is 13.3. The van der Waals surface area contributed by atoms with E-state index in [4.69, 9.17) is 0 Å². The summed E-state index contributed by atoms with van der Waals surface area (Å²) in [6.45, 7) is 4.44. The van der Waals surface area contributed by atoms with Crippen LogP contribution in [0.1, 0.15) is 5.56 Å². The molecule has 0 aromatic heterocycles. The molecule has 0 unspecified atom stereocenters. The summed E-state index contributed by atoms with van der Waals surface area (Å²) in [5.41, 5.74) is 1.20. The Kier molecular flexibility index (Phi) is 4.96. The van der Waals surface area contributed by atoms with E-state index in [0.29, 0.717) is 0 Å². The van der Waals surface area contributed by atoms with E-state index in [2.05, 4.69) is 39.0 Å². The molecule has 3 nitrogen and oxygen atoms in total. The zero-order valence-corrected chi connectivity index (χ0v) is 11.8. The topological polar surface area (TPSA) is 23.6 Å². The molecule has 1 aromatic rings. The van der Waals surface area contributed by atoms with Crippen molar-refractivity contribution in [3.63, 3.8) is 0 Å². The molecule has 0 aliphatic carbocycles. The first-order chi connectivity index (χ1) is 8.78. The predicted octanol–water partition coefficient (Wildman–Crippen LogP) is 2.20. The van der Waals surface area contributed by atoms with Crippen LogP contribution >= 0.6 is 15.9 Å². The summed E-state index contributed by atoms with van der Waals surface area (Å²) in [4.78, 5) is 14.8. The van der Waals surface area contributed by atoms with Gasteiger partial charge in [-0.05, 0) is 11.6 Å². The fourth-order valence-electron chi connectivity index (χ4n) is 2.02. The van der Waals surface area contributed by atoms with Crippen LogP contribution < -0.4 is 0 Å². The summed E-state index contributed by atoms with van der Waals surface area (Å²) in [6, 6.07) is 10.3. The Bertz CT molecular complexity index is 411. The van der Waals surface area contributed by atoms with Crippen molar-refractivity contribution in [2.45, 2.75) is 0 Å². The van der Waals surface area contributed by atoms with E-state index >= 15 is 0 Å². The van der Waals surface area contributed by atoms with Crippen LogP contribution in [-0.2, 0) is 4.79 Å². The third kappa shape index (κ3) is 3.96. The molecule has 1 heterocycles. The molecule has 96 valence electrons. The third-order valence-corrected chi connectivity index (χ3v) is 3.53. The number of hydrogen-bond acceptors (Lipinski definition) is 2. The molecule has 0 spiro atoms. The summed E-state index contributed by atoms with van der Waals surface area (Å²) in [5, 5.41) is 0. The Labute approximate surface area is 116 Å². The van der Waals surface area contributed by atoms with Gasteiger partial charge in [0.2, 0.25) is 6.41 Å². The molecule has 1 saturated heterocycles. The highest BCUT2D eigenvalue weighted by atomic mass is 79.9. The monoisotopic (exact) mass is 308 g/mol. The normalized spacial score (nSPS) is 17.8. The standard InChI is InChI=1S/C14H17BrN2O/c15-14(10-13-4-2-1-3-5-13)11-16-6-8-17(12-18)9-7-16/h1-5,10,12H,6-9,11H2. The zero-order valence-electron chi connectivity index (χ0n) is 10.3. The minimum atomic E-state index is 0.828. The Balaban J connectivity index is 1.86. The van der Waals surface area contributed by atoms with Gasteiger partial charge in [-0.15, -0.1) is 0 Å². The highest BCUT2D eigenvalue weighted by Gasteiger charge is 2.15. The number of rotatable bonds is 4. The van der Waals surface area contributed by atoms with Crippen molar-refractivity contribution < 1.29 is 4.79 Å². The smallest absolute Gasteiger partial charge is 0.209 e. The molecular weight excluding hydrogens is 292 g/mol. The summed E-state index contributed by atoms with van der Waals surface area (Å²) < 4.78 is 1.17. The Hall–Kier alpha value is -1.13. The van der Waals surface area contributed by atoms with Crippen molar-refractivity contribution in [2.75, 3.05) is 32.7 Å². The van der Waals surface area contributed by atoms with E-state index in [9.17, 15) is 4.79 Å². The van der Waals surface area contributed by atoms with Crippen LogP contribution in [-0.4, -0.2) is 48.9 Å². The first-order valence-electron chi connectivity index (χ1n) is 6.11. The van der Waals surface area contributed by atoms with Crippen LogP contribution in [0.15, 0.2) is 34.8 Å². The lowest BCUT2D eigenvalue weighted by atomic mass is 10.2. The van der Waals surface area contributed by atoms with Gasteiger partial charge in [-0.2, -0.15) is 0 Å². The van der Waals surface area contributed by atoms with E-state index in [1.165, 1.54) is 10.0 Å². The van der Waals surface area contributed by atoms with Crippen molar-refractivity contribution in [2.24, 2.45) is 0 Å². The molecule has 2 rings (SSSR count). The van der Waals surface area contributed by atoms with Gasteiger partial charge in [0.15, 0.2) is 0 Å². The summed E-state index contributed by atoms with van der Waals surface area (Å²) in [5.74, 6) is 0. The quantitative estimate of drug-likeness (QED) is 0.796. The van der Waals surface area contributed by atoms with Gasteiger partial charge >= 0.3 is 0 Å². The molecule has 0 bridgehead atoms. The number of amides is 1. The second kappa shape index (κ2) is 6.71. The third-order valence-electron chi connectivity index (χ3n) is 3.05. The average Bonchev–Trinajstić information content (AvgIpc) is 2.40. The largest absolute Gasteiger partial charge is 0.343 e. The number of hydrogen-bond donors (Lipinski definition) is 0. The Morgan fingerprint density at radius 1 is 1.17 bits per heavy atom. The maximum absolute atomic E-state index is 10.6. The van der Waals surface area contributed by atoms with Crippen LogP contribution in [0.2, 0.25) is 0 Å². The van der Waals surface area contributed by atoms with Crippen molar-refractivity contribution in [3.05, 3.63) is 40.4 Å². The highest BCUT2D eigenvalue weighted by molar-refractivity contribution is 9.11.